The largest absolute Gasteiger partial charge is 0.495 e. The number of sulfone groups is 1. The predicted octanol–water partition coefficient (Wildman–Crippen LogP) is 3.94. The first-order valence-corrected chi connectivity index (χ1v) is 10.8. The smallest absolute Gasteiger partial charge is 0.215 e. The Labute approximate surface area is 169 Å². The van der Waals surface area contributed by atoms with Gasteiger partial charge in [0, 0.05) is 30.4 Å². The molecule has 9 heteroatoms. The fraction of sp³-hybridized carbons (Fsp3) is 0.400. The van der Waals surface area contributed by atoms with Crippen molar-refractivity contribution >= 4 is 21.3 Å². The van der Waals surface area contributed by atoms with Gasteiger partial charge in [0.15, 0.2) is 9.84 Å². The summed E-state index contributed by atoms with van der Waals surface area (Å²) in [5, 5.41) is 3.06. The van der Waals surface area contributed by atoms with E-state index in [9.17, 15) is 12.8 Å². The molecule has 0 atom stereocenters. The van der Waals surface area contributed by atoms with E-state index in [0.717, 1.165) is 6.42 Å². The first-order valence-electron chi connectivity index (χ1n) is 9.30. The van der Waals surface area contributed by atoms with Gasteiger partial charge in [0.2, 0.25) is 5.95 Å². The lowest BCUT2D eigenvalue weighted by Crippen LogP contribution is -2.28. The van der Waals surface area contributed by atoms with E-state index in [0.29, 0.717) is 29.3 Å². The Morgan fingerprint density at radius 3 is 2.59 bits per heavy atom. The van der Waals surface area contributed by atoms with Gasteiger partial charge in [0.1, 0.15) is 22.1 Å². The van der Waals surface area contributed by atoms with Crippen LogP contribution in [0.3, 0.4) is 0 Å². The van der Waals surface area contributed by atoms with E-state index in [4.69, 9.17) is 4.74 Å². The van der Waals surface area contributed by atoms with Crippen LogP contribution < -0.4 is 10.1 Å². The van der Waals surface area contributed by atoms with Crippen molar-refractivity contribution in [2.45, 2.75) is 43.8 Å². The van der Waals surface area contributed by atoms with E-state index in [-0.39, 0.29) is 10.6 Å². The summed E-state index contributed by atoms with van der Waals surface area (Å²) in [4.78, 5) is 8.24. The number of methoxy groups -OCH3 is 1. The molecule has 0 saturated heterocycles. The summed E-state index contributed by atoms with van der Waals surface area (Å²) in [6.45, 7) is 7.55. The van der Waals surface area contributed by atoms with Crippen LogP contribution in [-0.4, -0.2) is 41.2 Å². The molecule has 0 unspecified atom stereocenters. The van der Waals surface area contributed by atoms with E-state index in [1.165, 1.54) is 19.4 Å². The Kier molecular flexibility index (Phi) is 5.53. The number of ether oxygens (including phenoxy) is 1. The highest BCUT2D eigenvalue weighted by molar-refractivity contribution is 7.92. The van der Waals surface area contributed by atoms with Crippen LogP contribution in [0.4, 0.5) is 10.2 Å². The summed E-state index contributed by atoms with van der Waals surface area (Å²) in [7, 11) is -2.27. The van der Waals surface area contributed by atoms with E-state index in [2.05, 4.69) is 15.3 Å². The lowest BCUT2D eigenvalue weighted by molar-refractivity contribution is 0.401. The lowest BCUT2D eigenvalue weighted by atomic mass is 10.2. The van der Waals surface area contributed by atoms with Gasteiger partial charge in [-0.05, 0) is 33.3 Å². The molecule has 3 rings (SSSR count). The molecule has 3 aromatic heterocycles. The summed E-state index contributed by atoms with van der Waals surface area (Å²) in [6.07, 6.45) is 3.92. The van der Waals surface area contributed by atoms with Crippen molar-refractivity contribution in [1.82, 2.24) is 14.4 Å². The van der Waals surface area contributed by atoms with Gasteiger partial charge in [-0.15, -0.1) is 0 Å². The second kappa shape index (κ2) is 7.62. The number of rotatable bonds is 6. The number of anilines is 1. The molecule has 0 aliphatic carbocycles. The highest BCUT2D eigenvalue weighted by Gasteiger charge is 2.34. The molecule has 0 spiro atoms. The summed E-state index contributed by atoms with van der Waals surface area (Å²) >= 11 is 0. The molecule has 0 saturated carbocycles. The number of hydrogen-bond donors (Lipinski definition) is 1. The topological polar surface area (TPSA) is 85.6 Å². The maximum Gasteiger partial charge on any atom is 0.215 e. The zero-order valence-corrected chi connectivity index (χ0v) is 18.0. The molecular weight excluding hydrogens is 395 g/mol. The number of hydrogen-bond acceptors (Lipinski definition) is 6. The monoisotopic (exact) mass is 420 g/mol. The van der Waals surface area contributed by atoms with E-state index >= 15 is 0 Å². The van der Waals surface area contributed by atoms with Crippen molar-refractivity contribution in [3.05, 3.63) is 36.5 Å². The highest BCUT2D eigenvalue weighted by Crippen LogP contribution is 2.34. The Hall–Kier alpha value is -2.68. The summed E-state index contributed by atoms with van der Waals surface area (Å²) in [5.74, 6) is -0.00395. The van der Waals surface area contributed by atoms with Crippen LogP contribution in [-0.2, 0) is 9.84 Å². The van der Waals surface area contributed by atoms with Crippen molar-refractivity contribution in [2.75, 3.05) is 19.0 Å². The molecule has 3 heterocycles. The summed E-state index contributed by atoms with van der Waals surface area (Å²) < 4.78 is 46.2. The van der Waals surface area contributed by atoms with Crippen LogP contribution in [0, 0.1) is 5.95 Å². The Bertz CT molecular complexity index is 1150. The number of imidazole rings is 1. The molecule has 0 bridgehead atoms. The molecule has 1 N–H and O–H groups in total. The van der Waals surface area contributed by atoms with Gasteiger partial charge in [0.25, 0.3) is 0 Å². The first kappa shape index (κ1) is 21.0. The van der Waals surface area contributed by atoms with Gasteiger partial charge in [-0.25, -0.2) is 18.4 Å². The van der Waals surface area contributed by atoms with Crippen LogP contribution in [0.5, 0.6) is 5.75 Å². The average Bonchev–Trinajstić information content (AvgIpc) is 3.06. The molecular formula is C20H25FN4O3S. The molecule has 3 aromatic rings. The van der Waals surface area contributed by atoms with Gasteiger partial charge in [0.05, 0.1) is 23.7 Å². The quantitative estimate of drug-likeness (QED) is 0.608. The zero-order chi connectivity index (χ0) is 21.4. The van der Waals surface area contributed by atoms with Gasteiger partial charge >= 0.3 is 0 Å². The minimum absolute atomic E-state index is 0.0538. The zero-order valence-electron chi connectivity index (χ0n) is 17.2. The van der Waals surface area contributed by atoms with Gasteiger partial charge in [-0.1, -0.05) is 6.92 Å². The third-order valence-electron chi connectivity index (χ3n) is 4.54. The molecule has 0 aliphatic heterocycles. The van der Waals surface area contributed by atoms with Crippen molar-refractivity contribution in [3.63, 3.8) is 0 Å². The van der Waals surface area contributed by atoms with Crippen LogP contribution in [0.25, 0.3) is 16.9 Å². The normalized spacial score (nSPS) is 12.3. The SMILES string of the molecule is CCCNc1cc(-c2cnc3cc(OC)c(S(=O)(=O)C(C)(C)C)cn23)cc(F)n1. The number of nitrogens with one attached hydrogen (secondary N) is 1. The second-order valence-electron chi connectivity index (χ2n) is 7.68. The van der Waals surface area contributed by atoms with Crippen LogP contribution in [0.2, 0.25) is 0 Å². The second-order valence-corrected chi connectivity index (χ2v) is 10.4. The van der Waals surface area contributed by atoms with Crippen LogP contribution in [0.15, 0.2) is 35.5 Å². The maximum atomic E-state index is 14.1. The van der Waals surface area contributed by atoms with E-state index in [1.807, 2.05) is 6.92 Å². The molecule has 0 radical (unpaired) electrons. The summed E-state index contributed by atoms with van der Waals surface area (Å²) in [5.41, 5.74) is 1.58. The third-order valence-corrected chi connectivity index (χ3v) is 7.03. The number of halogens is 1. The van der Waals surface area contributed by atoms with E-state index in [1.54, 1.807) is 43.5 Å². The average molecular weight is 421 g/mol. The number of pyridine rings is 2. The molecule has 0 aliphatic rings. The molecule has 0 aromatic carbocycles. The highest BCUT2D eigenvalue weighted by atomic mass is 32.2. The maximum absolute atomic E-state index is 14.1. The summed E-state index contributed by atoms with van der Waals surface area (Å²) in [6, 6.07) is 4.57. The predicted molar refractivity (Wildman–Crippen MR) is 111 cm³/mol. The van der Waals surface area contributed by atoms with Crippen LogP contribution >= 0.6 is 0 Å². The van der Waals surface area contributed by atoms with Gasteiger partial charge in [-0.3, -0.25) is 4.40 Å². The first-order chi connectivity index (χ1) is 13.6. The molecule has 0 fully saturated rings. The Balaban J connectivity index is 2.22. The lowest BCUT2D eigenvalue weighted by Gasteiger charge is -2.21. The number of nitrogens with zero attached hydrogens (tertiary/aromatic N) is 3. The fourth-order valence-corrected chi connectivity index (χ4v) is 4.19. The van der Waals surface area contributed by atoms with Crippen molar-refractivity contribution in [2.24, 2.45) is 0 Å². The minimum Gasteiger partial charge on any atom is -0.495 e. The van der Waals surface area contributed by atoms with E-state index < -0.39 is 20.5 Å². The molecule has 156 valence electrons. The Morgan fingerprint density at radius 1 is 1.24 bits per heavy atom. The Morgan fingerprint density at radius 2 is 1.97 bits per heavy atom. The van der Waals surface area contributed by atoms with Gasteiger partial charge < -0.3 is 10.1 Å². The minimum atomic E-state index is -3.69. The van der Waals surface area contributed by atoms with Crippen molar-refractivity contribution in [3.8, 4) is 17.0 Å². The molecule has 29 heavy (non-hydrogen) atoms. The molecule has 7 nitrogen and oxygen atoms in total. The fourth-order valence-electron chi connectivity index (χ4n) is 2.88. The van der Waals surface area contributed by atoms with Crippen LogP contribution in [0.1, 0.15) is 34.1 Å². The van der Waals surface area contributed by atoms with Gasteiger partial charge in [-0.2, -0.15) is 4.39 Å². The van der Waals surface area contributed by atoms with Crippen molar-refractivity contribution < 1.29 is 17.5 Å². The number of aromatic nitrogens is 3. The van der Waals surface area contributed by atoms with Crippen molar-refractivity contribution in [1.29, 1.82) is 0 Å². The number of fused-ring (bicyclic) bond motifs is 1. The third kappa shape index (κ3) is 3.91. The molecule has 0 amide bonds. The standard InChI is InChI=1S/C20H25FN4O3S/c1-6-7-22-18-9-13(8-17(21)24-18)14-11-23-19-10-15(28-5)16(12-25(14)19)29(26,27)20(2,3)4/h8-12H,6-7H2,1-5H3,(H,22,24).